The summed E-state index contributed by atoms with van der Waals surface area (Å²) in [5.74, 6) is 0. The highest BCUT2D eigenvalue weighted by molar-refractivity contribution is 7.91. The van der Waals surface area contributed by atoms with E-state index in [9.17, 15) is 8.42 Å². The van der Waals surface area contributed by atoms with E-state index in [0.717, 1.165) is 13.0 Å². The van der Waals surface area contributed by atoms with Gasteiger partial charge in [-0.2, -0.15) is 0 Å². The van der Waals surface area contributed by atoms with Crippen molar-refractivity contribution in [2.24, 2.45) is 5.73 Å². The van der Waals surface area contributed by atoms with Crippen LogP contribution in [0.1, 0.15) is 6.42 Å². The smallest absolute Gasteiger partial charge is 0.153 e. The summed E-state index contributed by atoms with van der Waals surface area (Å²) in [7, 11) is -2.96. The molecule has 0 saturated carbocycles. The third-order valence-corrected chi connectivity index (χ3v) is 3.64. The highest BCUT2D eigenvalue weighted by Crippen LogP contribution is 2.08. The zero-order chi connectivity index (χ0) is 8.48. The highest BCUT2D eigenvalue weighted by Gasteiger charge is 2.29. The molecule has 0 radical (unpaired) electrons. The second kappa shape index (κ2) is 3.08. The van der Waals surface area contributed by atoms with Crippen LogP contribution < -0.4 is 11.1 Å². The first-order valence-electron chi connectivity index (χ1n) is 3.67. The topological polar surface area (TPSA) is 72.2 Å². The van der Waals surface area contributed by atoms with Crippen molar-refractivity contribution in [3.8, 4) is 0 Å². The van der Waals surface area contributed by atoms with Crippen molar-refractivity contribution >= 4 is 9.84 Å². The van der Waals surface area contributed by atoms with E-state index in [1.165, 1.54) is 6.26 Å². The van der Waals surface area contributed by atoms with Crippen LogP contribution in [0.4, 0.5) is 0 Å². The van der Waals surface area contributed by atoms with E-state index >= 15 is 0 Å². The maximum Gasteiger partial charge on any atom is 0.153 e. The summed E-state index contributed by atoms with van der Waals surface area (Å²) in [5, 5.41) is 2.62. The molecule has 0 aromatic carbocycles. The van der Waals surface area contributed by atoms with E-state index in [1.54, 1.807) is 0 Å². The molecule has 0 aliphatic carbocycles. The molecule has 2 unspecified atom stereocenters. The second-order valence-electron chi connectivity index (χ2n) is 3.02. The Bertz CT molecular complexity index is 225. The standard InChI is InChI=1S/C6H14N2O2S/c1-11(9,10)6-4-8-3-2-5(6)7/h5-6,8H,2-4,7H2,1H3. The molecule has 0 aromatic heterocycles. The molecule has 5 heteroatoms. The van der Waals surface area contributed by atoms with E-state index in [0.29, 0.717) is 6.54 Å². The van der Waals surface area contributed by atoms with Crippen LogP contribution in [0.25, 0.3) is 0 Å². The molecule has 0 bridgehead atoms. The molecule has 1 aliphatic rings. The van der Waals surface area contributed by atoms with Crippen LogP contribution in [0.3, 0.4) is 0 Å². The number of hydrogen-bond donors (Lipinski definition) is 2. The minimum Gasteiger partial charge on any atom is -0.326 e. The lowest BCUT2D eigenvalue weighted by molar-refractivity contribution is 0.448. The van der Waals surface area contributed by atoms with Gasteiger partial charge in [-0.05, 0) is 13.0 Å². The van der Waals surface area contributed by atoms with Crippen molar-refractivity contribution in [3.63, 3.8) is 0 Å². The van der Waals surface area contributed by atoms with Gasteiger partial charge in [-0.1, -0.05) is 0 Å². The van der Waals surface area contributed by atoms with Gasteiger partial charge in [0.1, 0.15) is 0 Å². The zero-order valence-corrected chi connectivity index (χ0v) is 7.39. The van der Waals surface area contributed by atoms with E-state index in [1.807, 2.05) is 0 Å². The van der Waals surface area contributed by atoms with Crippen molar-refractivity contribution in [1.29, 1.82) is 0 Å². The van der Waals surface area contributed by atoms with Gasteiger partial charge in [0, 0.05) is 18.8 Å². The van der Waals surface area contributed by atoms with Crippen LogP contribution in [0, 0.1) is 0 Å². The number of nitrogens with two attached hydrogens (primary N) is 1. The van der Waals surface area contributed by atoms with Crippen molar-refractivity contribution in [3.05, 3.63) is 0 Å². The molecule has 1 heterocycles. The molecular weight excluding hydrogens is 164 g/mol. The lowest BCUT2D eigenvalue weighted by atomic mass is 10.1. The normalized spacial score (nSPS) is 33.6. The summed E-state index contributed by atoms with van der Waals surface area (Å²) < 4.78 is 22.2. The Kier molecular flexibility index (Phi) is 2.51. The van der Waals surface area contributed by atoms with Crippen LogP contribution in [0.5, 0.6) is 0 Å². The van der Waals surface area contributed by atoms with E-state index in [-0.39, 0.29) is 6.04 Å². The van der Waals surface area contributed by atoms with Crippen molar-refractivity contribution in [2.75, 3.05) is 19.3 Å². The molecule has 1 rings (SSSR count). The minimum absolute atomic E-state index is 0.189. The molecule has 0 spiro atoms. The van der Waals surface area contributed by atoms with E-state index in [2.05, 4.69) is 5.32 Å². The van der Waals surface area contributed by atoms with Gasteiger partial charge in [0.25, 0.3) is 0 Å². The van der Waals surface area contributed by atoms with Crippen molar-refractivity contribution in [1.82, 2.24) is 5.32 Å². The fourth-order valence-electron chi connectivity index (χ4n) is 1.32. The molecule has 4 nitrogen and oxygen atoms in total. The Hall–Kier alpha value is -0.130. The van der Waals surface area contributed by atoms with Gasteiger partial charge in [0.15, 0.2) is 9.84 Å². The van der Waals surface area contributed by atoms with Gasteiger partial charge in [0.2, 0.25) is 0 Å². The lowest BCUT2D eigenvalue weighted by Gasteiger charge is -2.27. The number of nitrogens with one attached hydrogen (secondary N) is 1. The zero-order valence-electron chi connectivity index (χ0n) is 6.58. The van der Waals surface area contributed by atoms with Gasteiger partial charge >= 0.3 is 0 Å². The summed E-state index contributed by atoms with van der Waals surface area (Å²) in [5.41, 5.74) is 5.65. The lowest BCUT2D eigenvalue weighted by Crippen LogP contribution is -2.52. The van der Waals surface area contributed by atoms with Gasteiger partial charge < -0.3 is 11.1 Å². The molecule has 0 aromatic rings. The Balaban J connectivity index is 2.70. The first kappa shape index (κ1) is 8.96. The fraction of sp³-hybridized carbons (Fsp3) is 1.00. The van der Waals surface area contributed by atoms with Crippen LogP contribution in [-0.2, 0) is 9.84 Å². The van der Waals surface area contributed by atoms with Crippen molar-refractivity contribution < 1.29 is 8.42 Å². The fourth-order valence-corrected chi connectivity index (χ4v) is 2.51. The Morgan fingerprint density at radius 1 is 1.55 bits per heavy atom. The molecule has 0 amide bonds. The summed E-state index contributed by atoms with van der Waals surface area (Å²) in [6.07, 6.45) is 1.99. The van der Waals surface area contributed by atoms with Gasteiger partial charge in [-0.25, -0.2) is 8.42 Å². The maximum absolute atomic E-state index is 11.1. The SMILES string of the molecule is CS(=O)(=O)C1CNCCC1N. The van der Waals surface area contributed by atoms with Crippen molar-refractivity contribution in [2.45, 2.75) is 17.7 Å². The molecular formula is C6H14N2O2S. The Morgan fingerprint density at radius 2 is 2.18 bits per heavy atom. The molecule has 1 fully saturated rings. The molecule has 2 atom stereocenters. The van der Waals surface area contributed by atoms with Crippen LogP contribution in [-0.4, -0.2) is 39.1 Å². The minimum atomic E-state index is -2.96. The summed E-state index contributed by atoms with van der Waals surface area (Å²) in [6, 6.07) is -0.189. The first-order valence-corrected chi connectivity index (χ1v) is 5.62. The van der Waals surface area contributed by atoms with Crippen LogP contribution in [0.15, 0.2) is 0 Å². The van der Waals surface area contributed by atoms with E-state index < -0.39 is 15.1 Å². The molecule has 66 valence electrons. The highest BCUT2D eigenvalue weighted by atomic mass is 32.2. The van der Waals surface area contributed by atoms with Gasteiger partial charge in [0.05, 0.1) is 5.25 Å². The first-order chi connectivity index (χ1) is 5.02. The quantitative estimate of drug-likeness (QED) is 0.524. The largest absolute Gasteiger partial charge is 0.326 e. The number of piperidine rings is 1. The Morgan fingerprint density at radius 3 is 2.55 bits per heavy atom. The summed E-state index contributed by atoms with van der Waals surface area (Å²) >= 11 is 0. The molecule has 1 saturated heterocycles. The average Bonchev–Trinajstić information content (AvgIpc) is 1.86. The number of sulfone groups is 1. The van der Waals surface area contributed by atoms with Gasteiger partial charge in [-0.3, -0.25) is 0 Å². The van der Waals surface area contributed by atoms with E-state index in [4.69, 9.17) is 5.73 Å². The summed E-state index contributed by atoms with van der Waals surface area (Å²) in [4.78, 5) is 0. The Labute approximate surface area is 67.1 Å². The van der Waals surface area contributed by atoms with Crippen LogP contribution >= 0.6 is 0 Å². The summed E-state index contributed by atoms with van der Waals surface area (Å²) in [6.45, 7) is 1.33. The monoisotopic (exact) mass is 178 g/mol. The predicted octanol–water partition coefficient (Wildman–Crippen LogP) is -1.28. The van der Waals surface area contributed by atoms with Crippen LogP contribution in [0.2, 0.25) is 0 Å². The second-order valence-corrected chi connectivity index (χ2v) is 5.29. The number of hydrogen-bond acceptors (Lipinski definition) is 4. The van der Waals surface area contributed by atoms with Gasteiger partial charge in [-0.15, -0.1) is 0 Å². The third kappa shape index (κ3) is 2.15. The molecule has 1 aliphatic heterocycles. The number of rotatable bonds is 1. The maximum atomic E-state index is 11.1. The predicted molar refractivity (Wildman–Crippen MR) is 44.1 cm³/mol. The molecule has 11 heavy (non-hydrogen) atoms. The molecule has 3 N–H and O–H groups in total. The third-order valence-electron chi connectivity index (χ3n) is 2.03. The average molecular weight is 178 g/mol.